The minimum atomic E-state index is 0.247. The second-order valence-corrected chi connectivity index (χ2v) is 6.35. The van der Waals surface area contributed by atoms with E-state index in [0.29, 0.717) is 6.61 Å². The number of para-hydroxylation sites is 1. The van der Waals surface area contributed by atoms with Crippen molar-refractivity contribution < 1.29 is 9.47 Å². The minimum Gasteiger partial charge on any atom is -0.493 e. The van der Waals surface area contributed by atoms with E-state index in [1.807, 2.05) is 12.1 Å². The third-order valence-corrected chi connectivity index (χ3v) is 4.52. The molecular weight excluding hydrogens is 330 g/mol. The molecule has 0 radical (unpaired) electrons. The third kappa shape index (κ3) is 2.43. The van der Waals surface area contributed by atoms with Crippen LogP contribution in [-0.4, -0.2) is 13.2 Å². The number of benzene rings is 2. The number of rotatable bonds is 3. The van der Waals surface area contributed by atoms with Gasteiger partial charge in [-0.05, 0) is 23.8 Å². The molecule has 2 aliphatic rings. The number of ether oxygens (including phenoxy) is 2. The maximum Gasteiger partial charge on any atom is 0.127 e. The zero-order valence-electron chi connectivity index (χ0n) is 11.6. The molecule has 3 nitrogen and oxygen atoms in total. The van der Waals surface area contributed by atoms with Gasteiger partial charge in [0, 0.05) is 28.6 Å². The third-order valence-electron chi connectivity index (χ3n) is 4.06. The molecule has 1 N–H and O–H groups in total. The second kappa shape index (κ2) is 5.35. The first kappa shape index (κ1) is 13.2. The Morgan fingerprint density at radius 2 is 2.10 bits per heavy atom. The summed E-state index contributed by atoms with van der Waals surface area (Å²) in [5.41, 5.74) is 3.75. The van der Waals surface area contributed by atoms with E-state index in [2.05, 4.69) is 45.5 Å². The van der Waals surface area contributed by atoms with E-state index in [1.54, 1.807) is 0 Å². The molecule has 2 aromatic rings. The fourth-order valence-electron chi connectivity index (χ4n) is 3.04. The van der Waals surface area contributed by atoms with Crippen LogP contribution in [0.2, 0.25) is 0 Å². The molecule has 2 aliphatic heterocycles. The van der Waals surface area contributed by atoms with Gasteiger partial charge in [0.2, 0.25) is 0 Å². The van der Waals surface area contributed by atoms with Crippen molar-refractivity contribution >= 4 is 15.9 Å². The van der Waals surface area contributed by atoms with Crippen molar-refractivity contribution in [2.24, 2.45) is 0 Å². The van der Waals surface area contributed by atoms with Crippen molar-refractivity contribution in [3.8, 4) is 11.5 Å². The maximum absolute atomic E-state index is 5.78. The Morgan fingerprint density at radius 1 is 1.19 bits per heavy atom. The van der Waals surface area contributed by atoms with Crippen LogP contribution in [0.5, 0.6) is 11.5 Å². The quantitative estimate of drug-likeness (QED) is 0.921. The van der Waals surface area contributed by atoms with E-state index in [9.17, 15) is 0 Å². The summed E-state index contributed by atoms with van der Waals surface area (Å²) in [6.45, 7) is 2.26. The number of halogens is 1. The highest BCUT2D eigenvalue weighted by Crippen LogP contribution is 2.35. The molecule has 0 saturated carbocycles. The Labute approximate surface area is 132 Å². The molecule has 0 amide bonds. The van der Waals surface area contributed by atoms with E-state index in [4.69, 9.17) is 9.47 Å². The molecule has 1 atom stereocenters. The van der Waals surface area contributed by atoms with E-state index < -0.39 is 0 Å². The van der Waals surface area contributed by atoms with Gasteiger partial charge in [-0.1, -0.05) is 34.1 Å². The monoisotopic (exact) mass is 345 g/mol. The molecule has 108 valence electrons. The lowest BCUT2D eigenvalue weighted by Crippen LogP contribution is -2.22. The standard InChI is InChI=1S/C17H16BrNO2/c18-13-7-11-5-6-20-17(11)12(8-13)9-19-15-10-21-16-4-2-1-3-14(15)16/h1-4,7-8,15,19H,5-6,9-10H2. The molecule has 0 fully saturated rings. The average molecular weight is 346 g/mol. The molecule has 0 saturated heterocycles. The molecule has 4 heteroatoms. The van der Waals surface area contributed by atoms with Crippen molar-refractivity contribution in [1.82, 2.24) is 5.32 Å². The smallest absolute Gasteiger partial charge is 0.127 e. The lowest BCUT2D eigenvalue weighted by Gasteiger charge is -2.14. The molecule has 21 heavy (non-hydrogen) atoms. The van der Waals surface area contributed by atoms with Gasteiger partial charge in [0.25, 0.3) is 0 Å². The van der Waals surface area contributed by atoms with Crippen molar-refractivity contribution in [2.45, 2.75) is 19.0 Å². The molecule has 0 aliphatic carbocycles. The van der Waals surface area contributed by atoms with E-state index >= 15 is 0 Å². The van der Waals surface area contributed by atoms with Crippen LogP contribution in [0.3, 0.4) is 0 Å². The Balaban J connectivity index is 1.54. The van der Waals surface area contributed by atoms with Crippen molar-refractivity contribution in [2.75, 3.05) is 13.2 Å². The van der Waals surface area contributed by atoms with Crippen molar-refractivity contribution in [1.29, 1.82) is 0 Å². The van der Waals surface area contributed by atoms with Gasteiger partial charge in [0.05, 0.1) is 12.6 Å². The number of hydrogen-bond acceptors (Lipinski definition) is 3. The van der Waals surface area contributed by atoms with Gasteiger partial charge in [-0.15, -0.1) is 0 Å². The van der Waals surface area contributed by atoms with Gasteiger partial charge in [0.15, 0.2) is 0 Å². The normalized spacial score (nSPS) is 18.8. The van der Waals surface area contributed by atoms with Crippen molar-refractivity contribution in [3.05, 3.63) is 57.6 Å². The summed E-state index contributed by atoms with van der Waals surface area (Å²) in [7, 11) is 0. The van der Waals surface area contributed by atoms with Gasteiger partial charge < -0.3 is 14.8 Å². The highest BCUT2D eigenvalue weighted by atomic mass is 79.9. The molecule has 4 rings (SSSR count). The van der Waals surface area contributed by atoms with Gasteiger partial charge in [-0.25, -0.2) is 0 Å². The van der Waals surface area contributed by atoms with E-state index in [1.165, 1.54) is 16.7 Å². The van der Waals surface area contributed by atoms with E-state index in [0.717, 1.165) is 35.5 Å². The van der Waals surface area contributed by atoms with Crippen LogP contribution in [0.4, 0.5) is 0 Å². The summed E-state index contributed by atoms with van der Waals surface area (Å²) in [5, 5.41) is 3.59. The van der Waals surface area contributed by atoms with Gasteiger partial charge in [0.1, 0.15) is 18.1 Å². The molecule has 0 spiro atoms. The Kier molecular flexibility index (Phi) is 3.36. The molecule has 2 heterocycles. The topological polar surface area (TPSA) is 30.5 Å². The SMILES string of the molecule is Brc1cc2c(c(CNC3COc4ccccc43)c1)OCC2. The lowest BCUT2D eigenvalue weighted by atomic mass is 10.1. The molecule has 0 aromatic heterocycles. The predicted octanol–water partition coefficient (Wildman–Crippen LogP) is 3.61. The number of hydrogen-bond donors (Lipinski definition) is 1. The summed E-state index contributed by atoms with van der Waals surface area (Å²) in [6, 6.07) is 12.8. The summed E-state index contributed by atoms with van der Waals surface area (Å²) in [5.74, 6) is 2.05. The van der Waals surface area contributed by atoms with Crippen LogP contribution in [0.15, 0.2) is 40.9 Å². The number of nitrogens with one attached hydrogen (secondary N) is 1. The zero-order valence-corrected chi connectivity index (χ0v) is 13.2. The summed E-state index contributed by atoms with van der Waals surface area (Å²) >= 11 is 3.59. The fourth-order valence-corrected chi connectivity index (χ4v) is 3.59. The largest absolute Gasteiger partial charge is 0.493 e. The number of fused-ring (bicyclic) bond motifs is 2. The summed E-state index contributed by atoms with van der Waals surface area (Å²) in [4.78, 5) is 0. The Morgan fingerprint density at radius 3 is 3.05 bits per heavy atom. The molecular formula is C17H16BrNO2. The molecule has 0 bridgehead atoms. The fraction of sp³-hybridized carbons (Fsp3) is 0.294. The first-order valence-corrected chi connectivity index (χ1v) is 8.00. The Hall–Kier alpha value is -1.52. The zero-order chi connectivity index (χ0) is 14.2. The highest BCUT2D eigenvalue weighted by Gasteiger charge is 2.24. The van der Waals surface area contributed by atoms with Gasteiger partial charge in [-0.2, -0.15) is 0 Å². The van der Waals surface area contributed by atoms with Crippen LogP contribution < -0.4 is 14.8 Å². The molecule has 2 aromatic carbocycles. The van der Waals surface area contributed by atoms with E-state index in [-0.39, 0.29) is 6.04 Å². The first-order valence-electron chi connectivity index (χ1n) is 7.20. The minimum absolute atomic E-state index is 0.247. The summed E-state index contributed by atoms with van der Waals surface area (Å²) in [6.07, 6.45) is 0.997. The van der Waals surface area contributed by atoms with Gasteiger partial charge in [-0.3, -0.25) is 0 Å². The lowest BCUT2D eigenvalue weighted by molar-refractivity contribution is 0.308. The van der Waals surface area contributed by atoms with Crippen LogP contribution in [-0.2, 0) is 13.0 Å². The maximum atomic E-state index is 5.78. The Bertz CT molecular complexity index is 686. The highest BCUT2D eigenvalue weighted by molar-refractivity contribution is 9.10. The van der Waals surface area contributed by atoms with Crippen LogP contribution in [0, 0.1) is 0 Å². The van der Waals surface area contributed by atoms with Crippen LogP contribution in [0.25, 0.3) is 0 Å². The van der Waals surface area contributed by atoms with Crippen LogP contribution >= 0.6 is 15.9 Å². The van der Waals surface area contributed by atoms with Crippen molar-refractivity contribution in [3.63, 3.8) is 0 Å². The van der Waals surface area contributed by atoms with Crippen LogP contribution in [0.1, 0.15) is 22.7 Å². The summed E-state index contributed by atoms with van der Waals surface area (Å²) < 4.78 is 12.6. The molecule has 1 unspecified atom stereocenters. The predicted molar refractivity (Wildman–Crippen MR) is 84.9 cm³/mol. The average Bonchev–Trinajstić information content (AvgIpc) is 3.11. The first-order chi connectivity index (χ1) is 10.3. The van der Waals surface area contributed by atoms with Gasteiger partial charge >= 0.3 is 0 Å². The second-order valence-electron chi connectivity index (χ2n) is 5.43.